The zero-order valence-electron chi connectivity index (χ0n) is 18.5. The monoisotopic (exact) mass is 479 g/mol. The minimum atomic E-state index is -3.44. The van der Waals surface area contributed by atoms with Gasteiger partial charge < -0.3 is 23.3 Å². The van der Waals surface area contributed by atoms with Crippen molar-refractivity contribution in [3.8, 4) is 0 Å². The molecule has 1 unspecified atom stereocenters. The van der Waals surface area contributed by atoms with Crippen molar-refractivity contribution >= 4 is 19.5 Å². The first-order valence-corrected chi connectivity index (χ1v) is 12.0. The van der Waals surface area contributed by atoms with Crippen LogP contribution in [0.2, 0.25) is 0 Å². The van der Waals surface area contributed by atoms with Gasteiger partial charge in [-0.2, -0.15) is 0 Å². The second kappa shape index (κ2) is 11.3. The molecule has 0 spiro atoms. The highest BCUT2D eigenvalue weighted by atomic mass is 31.2. The molecule has 3 atom stereocenters. The second-order valence-electron chi connectivity index (χ2n) is 6.87. The fourth-order valence-electron chi connectivity index (χ4n) is 3.18. The molecule has 1 aromatic carbocycles. The van der Waals surface area contributed by atoms with Gasteiger partial charge in [0.25, 0.3) is 5.82 Å². The van der Waals surface area contributed by atoms with Gasteiger partial charge in [-0.25, -0.2) is 19.3 Å². The molecule has 12 heteroatoms. The molecule has 0 saturated carbocycles. The van der Waals surface area contributed by atoms with E-state index in [0.717, 1.165) is 0 Å². The van der Waals surface area contributed by atoms with Crippen LogP contribution in [0.25, 0.3) is 0 Å². The maximum absolute atomic E-state index is 12.7. The molecule has 0 radical (unpaired) electrons. The minimum Gasteiger partial charge on any atom is -0.463 e. The van der Waals surface area contributed by atoms with E-state index < -0.39 is 38.0 Å². The number of methoxy groups -OCH3 is 1. The van der Waals surface area contributed by atoms with E-state index in [1.54, 1.807) is 50.3 Å². The predicted molar refractivity (Wildman–Crippen MR) is 116 cm³/mol. The number of ether oxygens (including phenoxy) is 3. The Bertz CT molecular complexity index is 1020. The van der Waals surface area contributed by atoms with Gasteiger partial charge in [-0.05, 0) is 32.1 Å². The predicted octanol–water partition coefficient (Wildman–Crippen LogP) is 3.36. The molecule has 1 aliphatic heterocycles. The lowest BCUT2D eigenvalue weighted by atomic mass is 10.2. The molecule has 2 heterocycles. The molecule has 0 N–H and O–H groups in total. The van der Waals surface area contributed by atoms with Crippen molar-refractivity contribution in [3.63, 3.8) is 0 Å². The summed E-state index contributed by atoms with van der Waals surface area (Å²) in [6.45, 7) is 3.85. The van der Waals surface area contributed by atoms with Crippen molar-refractivity contribution in [3.05, 3.63) is 59.9 Å². The first-order chi connectivity index (χ1) is 15.9. The number of aromatic nitrogens is 3. The van der Waals surface area contributed by atoms with Crippen molar-refractivity contribution in [2.45, 2.75) is 38.7 Å². The Kier molecular flexibility index (Phi) is 8.51. The molecule has 178 valence electrons. The Labute approximate surface area is 191 Å². The summed E-state index contributed by atoms with van der Waals surface area (Å²) in [4.78, 5) is 28.3. The average Bonchev–Trinajstić information content (AvgIpc) is 3.45. The highest BCUT2D eigenvalue weighted by Gasteiger charge is 2.40. The summed E-state index contributed by atoms with van der Waals surface area (Å²) in [6, 6.07) is 8.51. The highest BCUT2D eigenvalue weighted by Crippen LogP contribution is 2.50. The summed E-state index contributed by atoms with van der Waals surface area (Å²) in [5, 5.41) is 4.08. The first-order valence-electron chi connectivity index (χ1n) is 10.4. The highest BCUT2D eigenvalue weighted by molar-refractivity contribution is 7.57. The van der Waals surface area contributed by atoms with Crippen LogP contribution in [0.1, 0.15) is 47.5 Å². The average molecular weight is 479 g/mol. The Balaban J connectivity index is 1.82. The van der Waals surface area contributed by atoms with E-state index in [1.807, 2.05) is 0 Å². The van der Waals surface area contributed by atoms with Crippen molar-refractivity contribution in [1.29, 1.82) is 0 Å². The van der Waals surface area contributed by atoms with Crippen LogP contribution in [0.3, 0.4) is 0 Å². The number of carbonyl (C=O) groups excluding carboxylic acids is 2. The molecule has 0 aliphatic carbocycles. The quantitative estimate of drug-likeness (QED) is 0.370. The molecular weight excluding hydrogens is 453 g/mol. The van der Waals surface area contributed by atoms with Gasteiger partial charge in [0, 0.05) is 12.2 Å². The Morgan fingerprint density at radius 1 is 1.18 bits per heavy atom. The normalized spacial score (nSPS) is 20.8. The van der Waals surface area contributed by atoms with Gasteiger partial charge in [0.15, 0.2) is 12.3 Å². The standard InChI is InChI=1S/C21H26N3O8P/c1-4-29-33(27,30-5-2)12-11-16-13-17(32-20(25)15-9-7-6-8-10-15)19(31-16)24-14-22-18(23-24)21(26)28-3/h6-12,14,16-17,19H,4-5,13H2,1-3H3/t16-,17?,19-/m1/s1. The van der Waals surface area contributed by atoms with Crippen LogP contribution in [-0.2, 0) is 27.8 Å². The number of rotatable bonds is 10. The van der Waals surface area contributed by atoms with Crippen molar-refractivity contribution < 1.29 is 37.4 Å². The largest absolute Gasteiger partial charge is 0.463 e. The molecule has 1 aromatic heterocycles. The number of carbonyl (C=O) groups is 2. The van der Waals surface area contributed by atoms with E-state index in [4.69, 9.17) is 18.5 Å². The number of hydrogen-bond donors (Lipinski definition) is 0. The topological polar surface area (TPSA) is 128 Å². The lowest BCUT2D eigenvalue weighted by Crippen LogP contribution is -2.26. The lowest BCUT2D eigenvalue weighted by molar-refractivity contribution is -0.0462. The van der Waals surface area contributed by atoms with Gasteiger partial charge in [-0.1, -0.05) is 18.2 Å². The van der Waals surface area contributed by atoms with Gasteiger partial charge in [0.2, 0.25) is 0 Å². The number of hydrogen-bond acceptors (Lipinski definition) is 10. The molecule has 0 bridgehead atoms. The van der Waals surface area contributed by atoms with Crippen LogP contribution in [0.5, 0.6) is 0 Å². The summed E-state index contributed by atoms with van der Waals surface area (Å²) < 4.78 is 40.8. The third-order valence-electron chi connectivity index (χ3n) is 4.60. The van der Waals surface area contributed by atoms with Gasteiger partial charge >= 0.3 is 19.5 Å². The lowest BCUT2D eigenvalue weighted by Gasteiger charge is -2.18. The molecule has 0 amide bonds. The number of benzene rings is 1. The second-order valence-corrected chi connectivity index (χ2v) is 8.76. The van der Waals surface area contributed by atoms with Crippen LogP contribution in [0, 0.1) is 0 Å². The van der Waals surface area contributed by atoms with Crippen molar-refractivity contribution in [2.24, 2.45) is 0 Å². The van der Waals surface area contributed by atoms with Gasteiger partial charge in [-0.15, -0.1) is 5.10 Å². The van der Waals surface area contributed by atoms with E-state index in [0.29, 0.717) is 5.56 Å². The third-order valence-corrected chi connectivity index (χ3v) is 6.38. The van der Waals surface area contributed by atoms with Crippen molar-refractivity contribution in [1.82, 2.24) is 14.8 Å². The molecule has 2 aromatic rings. The van der Waals surface area contributed by atoms with Crippen LogP contribution in [0.15, 0.2) is 48.6 Å². The van der Waals surface area contributed by atoms with E-state index >= 15 is 0 Å². The van der Waals surface area contributed by atoms with E-state index in [1.165, 1.54) is 23.9 Å². The fourth-order valence-corrected chi connectivity index (χ4v) is 4.55. The molecule has 11 nitrogen and oxygen atoms in total. The minimum absolute atomic E-state index is 0.162. The Morgan fingerprint density at radius 3 is 2.52 bits per heavy atom. The summed E-state index contributed by atoms with van der Waals surface area (Å²) in [5.74, 6) is -0.0769. The summed E-state index contributed by atoms with van der Waals surface area (Å²) >= 11 is 0. The van der Waals surface area contributed by atoms with Gasteiger partial charge in [0.1, 0.15) is 6.33 Å². The van der Waals surface area contributed by atoms with E-state index in [9.17, 15) is 14.2 Å². The molecule has 1 aliphatic rings. The van der Waals surface area contributed by atoms with Crippen LogP contribution in [0.4, 0.5) is 0 Å². The maximum Gasteiger partial charge on any atom is 0.377 e. The van der Waals surface area contributed by atoms with Gasteiger partial charge in [-0.3, -0.25) is 4.57 Å². The smallest absolute Gasteiger partial charge is 0.377 e. The van der Waals surface area contributed by atoms with Crippen LogP contribution in [-0.4, -0.2) is 59.2 Å². The summed E-state index contributed by atoms with van der Waals surface area (Å²) in [7, 11) is -2.22. The third kappa shape index (κ3) is 6.35. The Hall–Kier alpha value is -2.85. The Morgan fingerprint density at radius 2 is 1.88 bits per heavy atom. The molecule has 33 heavy (non-hydrogen) atoms. The summed E-state index contributed by atoms with van der Waals surface area (Å²) in [5.41, 5.74) is 0.376. The first kappa shape index (κ1) is 24.8. The van der Waals surface area contributed by atoms with E-state index in [2.05, 4.69) is 14.8 Å². The van der Waals surface area contributed by atoms with Crippen molar-refractivity contribution in [2.75, 3.05) is 20.3 Å². The van der Waals surface area contributed by atoms with E-state index in [-0.39, 0.29) is 25.5 Å². The van der Waals surface area contributed by atoms with Crippen LogP contribution < -0.4 is 0 Å². The van der Waals surface area contributed by atoms with Gasteiger partial charge in [0.05, 0.1) is 32.0 Å². The fraction of sp³-hybridized carbons (Fsp3) is 0.429. The SMILES string of the molecule is CCOP(=O)(C=C[C@@H]1CC(OC(=O)c2ccccc2)[C@H](n2cnc(C(=O)OC)n2)O1)OCC. The summed E-state index contributed by atoms with van der Waals surface area (Å²) in [6.07, 6.45) is 0.843. The van der Waals surface area contributed by atoms with Crippen LogP contribution >= 0.6 is 7.60 Å². The zero-order valence-corrected chi connectivity index (χ0v) is 19.4. The zero-order chi connectivity index (χ0) is 23.8. The molecule has 1 saturated heterocycles. The number of esters is 2. The molecular formula is C21H26N3O8P. The molecule has 1 fully saturated rings. The number of nitrogens with zero attached hydrogens (tertiary/aromatic N) is 3. The maximum atomic E-state index is 12.7. The molecule has 3 rings (SSSR count).